The molecule has 0 spiro atoms. The van der Waals surface area contributed by atoms with Gasteiger partial charge in [-0.05, 0) is 39.7 Å². The molecule has 0 N–H and O–H groups in total. The van der Waals surface area contributed by atoms with E-state index >= 15 is 0 Å². The van der Waals surface area contributed by atoms with Crippen molar-refractivity contribution < 1.29 is 9.53 Å². The molecule has 1 fully saturated rings. The van der Waals surface area contributed by atoms with Crippen LogP contribution >= 0.6 is 0 Å². The van der Waals surface area contributed by atoms with Gasteiger partial charge in [0.25, 0.3) is 0 Å². The maximum Gasteiger partial charge on any atom is 0.410 e. The molecule has 0 bridgehead atoms. The van der Waals surface area contributed by atoms with Crippen molar-refractivity contribution in [1.29, 1.82) is 0 Å². The summed E-state index contributed by atoms with van der Waals surface area (Å²) >= 11 is 0. The zero-order valence-corrected chi connectivity index (χ0v) is 13.2. The number of amides is 1. The van der Waals surface area contributed by atoms with Crippen LogP contribution in [0.5, 0.6) is 0 Å². The van der Waals surface area contributed by atoms with Crippen molar-refractivity contribution in [2.45, 2.75) is 45.3 Å². The number of piperidine rings is 1. The summed E-state index contributed by atoms with van der Waals surface area (Å²) < 4.78 is 5.43. The van der Waals surface area contributed by atoms with Crippen molar-refractivity contribution in [3.8, 4) is 0 Å². The van der Waals surface area contributed by atoms with Gasteiger partial charge in [-0.2, -0.15) is 0 Å². The summed E-state index contributed by atoms with van der Waals surface area (Å²) in [5, 5.41) is 0. The van der Waals surface area contributed by atoms with Crippen LogP contribution in [0.4, 0.5) is 10.7 Å². The minimum atomic E-state index is -0.470. The Morgan fingerprint density at radius 3 is 2.67 bits per heavy atom. The summed E-state index contributed by atoms with van der Waals surface area (Å²) in [4.78, 5) is 24.5. The number of aromatic nitrogens is 2. The summed E-state index contributed by atoms with van der Waals surface area (Å²) in [6, 6.07) is 1.93. The second kappa shape index (κ2) is 6.28. The van der Waals surface area contributed by atoms with Crippen LogP contribution in [0.15, 0.2) is 18.5 Å². The second-order valence-electron chi connectivity index (χ2n) is 6.38. The molecule has 0 radical (unpaired) electrons. The average molecular weight is 292 g/mol. The number of ether oxygens (including phenoxy) is 1. The number of carbonyl (C=O) groups is 1. The molecule has 6 heteroatoms. The minimum absolute atomic E-state index is 0.123. The first-order valence-corrected chi connectivity index (χ1v) is 7.34. The second-order valence-corrected chi connectivity index (χ2v) is 6.38. The fourth-order valence-electron chi connectivity index (χ4n) is 2.39. The van der Waals surface area contributed by atoms with Gasteiger partial charge in [-0.1, -0.05) is 0 Å². The number of carbonyl (C=O) groups excluding carboxylic acids is 1. The normalized spacial score (nSPS) is 19.2. The van der Waals surface area contributed by atoms with Crippen LogP contribution in [0.3, 0.4) is 0 Å². The Bertz CT molecular complexity index is 472. The van der Waals surface area contributed by atoms with Crippen molar-refractivity contribution in [3.05, 3.63) is 18.5 Å². The molecule has 1 amide bonds. The summed E-state index contributed by atoms with van der Waals surface area (Å²) in [5.41, 5.74) is -0.470. The number of rotatable bonds is 2. The molecule has 0 aliphatic carbocycles. The standard InChI is InChI=1S/C15H24N4O2/c1-15(2,3)21-14(20)18(4)12-7-5-10-19(11-12)13-16-8-6-9-17-13/h6,8-9,12H,5,7,10-11H2,1-4H3. The highest BCUT2D eigenvalue weighted by atomic mass is 16.6. The lowest BCUT2D eigenvalue weighted by Crippen LogP contribution is -2.50. The number of hydrogen-bond donors (Lipinski definition) is 0. The van der Waals surface area contributed by atoms with Crippen LogP contribution in [0.25, 0.3) is 0 Å². The molecule has 2 heterocycles. The first-order valence-electron chi connectivity index (χ1n) is 7.34. The molecule has 1 aromatic rings. The summed E-state index contributed by atoms with van der Waals surface area (Å²) in [6.45, 7) is 7.29. The zero-order valence-electron chi connectivity index (χ0n) is 13.2. The van der Waals surface area contributed by atoms with E-state index in [4.69, 9.17) is 4.74 Å². The monoisotopic (exact) mass is 292 g/mol. The van der Waals surface area contributed by atoms with E-state index in [9.17, 15) is 4.79 Å². The molecule has 0 aromatic carbocycles. The number of nitrogens with zero attached hydrogens (tertiary/aromatic N) is 4. The Hall–Kier alpha value is -1.85. The maximum atomic E-state index is 12.2. The van der Waals surface area contributed by atoms with Gasteiger partial charge in [0.1, 0.15) is 5.60 Å². The topological polar surface area (TPSA) is 58.6 Å². The first kappa shape index (κ1) is 15.5. The number of likely N-dealkylation sites (N-methyl/N-ethyl adjacent to an activating group) is 1. The lowest BCUT2D eigenvalue weighted by Gasteiger charge is -2.38. The zero-order chi connectivity index (χ0) is 15.5. The van der Waals surface area contributed by atoms with E-state index in [-0.39, 0.29) is 12.1 Å². The minimum Gasteiger partial charge on any atom is -0.444 e. The van der Waals surface area contributed by atoms with Crippen LogP contribution in [0, 0.1) is 0 Å². The molecule has 1 unspecified atom stereocenters. The summed E-state index contributed by atoms with van der Waals surface area (Å²) in [5.74, 6) is 0.722. The highest BCUT2D eigenvalue weighted by Crippen LogP contribution is 2.20. The van der Waals surface area contributed by atoms with Crippen molar-refractivity contribution in [1.82, 2.24) is 14.9 Å². The van der Waals surface area contributed by atoms with Gasteiger partial charge in [0.15, 0.2) is 0 Å². The molecule has 1 atom stereocenters. The Kier molecular flexibility index (Phi) is 4.65. The quantitative estimate of drug-likeness (QED) is 0.837. The Labute approximate surface area is 126 Å². The van der Waals surface area contributed by atoms with E-state index in [0.29, 0.717) is 0 Å². The summed E-state index contributed by atoms with van der Waals surface area (Å²) in [6.07, 6.45) is 5.19. The smallest absolute Gasteiger partial charge is 0.410 e. The van der Waals surface area contributed by atoms with E-state index < -0.39 is 5.60 Å². The third-order valence-corrected chi connectivity index (χ3v) is 3.46. The molecule has 1 aromatic heterocycles. The lowest BCUT2D eigenvalue weighted by atomic mass is 10.1. The van der Waals surface area contributed by atoms with Crippen LogP contribution in [-0.4, -0.2) is 52.7 Å². The van der Waals surface area contributed by atoms with Gasteiger partial charge in [-0.15, -0.1) is 0 Å². The highest BCUT2D eigenvalue weighted by Gasteiger charge is 2.29. The summed E-state index contributed by atoms with van der Waals surface area (Å²) in [7, 11) is 1.80. The van der Waals surface area contributed by atoms with Gasteiger partial charge in [-0.3, -0.25) is 0 Å². The van der Waals surface area contributed by atoms with Gasteiger partial charge < -0.3 is 14.5 Å². The predicted octanol–water partition coefficient (Wildman–Crippen LogP) is 2.31. The number of anilines is 1. The van der Waals surface area contributed by atoms with Crippen molar-refractivity contribution in [2.75, 3.05) is 25.0 Å². The van der Waals surface area contributed by atoms with E-state index in [0.717, 1.165) is 31.9 Å². The van der Waals surface area contributed by atoms with E-state index in [1.807, 2.05) is 20.8 Å². The molecule has 1 saturated heterocycles. The molecule has 116 valence electrons. The molecule has 21 heavy (non-hydrogen) atoms. The lowest BCUT2D eigenvalue weighted by molar-refractivity contribution is 0.0209. The van der Waals surface area contributed by atoms with Crippen LogP contribution in [-0.2, 0) is 4.74 Å². The van der Waals surface area contributed by atoms with E-state index in [1.54, 1.807) is 30.4 Å². The maximum absolute atomic E-state index is 12.2. The molecular formula is C15H24N4O2. The Morgan fingerprint density at radius 2 is 2.05 bits per heavy atom. The van der Waals surface area contributed by atoms with Gasteiger partial charge in [-0.25, -0.2) is 14.8 Å². The van der Waals surface area contributed by atoms with Crippen molar-refractivity contribution in [2.24, 2.45) is 0 Å². The van der Waals surface area contributed by atoms with Crippen molar-refractivity contribution in [3.63, 3.8) is 0 Å². The van der Waals surface area contributed by atoms with Crippen molar-refractivity contribution >= 4 is 12.0 Å². The molecule has 1 aliphatic heterocycles. The van der Waals surface area contributed by atoms with Crippen LogP contribution < -0.4 is 4.90 Å². The fraction of sp³-hybridized carbons (Fsp3) is 0.667. The third kappa shape index (κ3) is 4.31. The largest absolute Gasteiger partial charge is 0.444 e. The highest BCUT2D eigenvalue weighted by molar-refractivity contribution is 5.68. The molecular weight excluding hydrogens is 268 g/mol. The van der Waals surface area contributed by atoms with Gasteiger partial charge >= 0.3 is 6.09 Å². The van der Waals surface area contributed by atoms with Gasteiger partial charge in [0.05, 0.1) is 6.04 Å². The Balaban J connectivity index is 1.99. The average Bonchev–Trinajstić information content (AvgIpc) is 2.46. The molecule has 0 saturated carbocycles. The molecule has 1 aliphatic rings. The molecule has 6 nitrogen and oxygen atoms in total. The SMILES string of the molecule is CN(C(=O)OC(C)(C)C)C1CCCN(c2ncccn2)C1. The van der Waals surface area contributed by atoms with E-state index in [1.165, 1.54) is 0 Å². The van der Waals surface area contributed by atoms with Crippen LogP contribution in [0.1, 0.15) is 33.6 Å². The predicted molar refractivity (Wildman–Crippen MR) is 81.3 cm³/mol. The number of hydrogen-bond acceptors (Lipinski definition) is 5. The van der Waals surface area contributed by atoms with Crippen LogP contribution in [0.2, 0.25) is 0 Å². The first-order chi connectivity index (χ1) is 9.87. The fourth-order valence-corrected chi connectivity index (χ4v) is 2.39. The van der Waals surface area contributed by atoms with E-state index in [2.05, 4.69) is 14.9 Å². The van der Waals surface area contributed by atoms with Gasteiger partial charge in [0.2, 0.25) is 5.95 Å². The molecule has 2 rings (SSSR count). The van der Waals surface area contributed by atoms with Gasteiger partial charge in [0, 0.05) is 32.5 Å². The Morgan fingerprint density at radius 1 is 1.38 bits per heavy atom. The third-order valence-electron chi connectivity index (χ3n) is 3.46.